The van der Waals surface area contributed by atoms with Gasteiger partial charge in [-0.1, -0.05) is 29.8 Å². The first-order valence-corrected chi connectivity index (χ1v) is 8.92. The molecule has 3 rings (SSSR count). The first-order valence-electron chi connectivity index (χ1n) is 6.01. The molecule has 2 aromatic rings. The number of thioether (sulfide) groups is 1. The van der Waals surface area contributed by atoms with E-state index in [2.05, 4.69) is 0 Å². The van der Waals surface area contributed by atoms with Crippen molar-refractivity contribution in [1.29, 1.82) is 0 Å². The Morgan fingerprint density at radius 1 is 1.20 bits per heavy atom. The number of anilines is 1. The number of rotatable bonds is 2. The highest BCUT2D eigenvalue weighted by Crippen LogP contribution is 2.46. The molecule has 1 aliphatic heterocycles. The number of nitrogens with two attached hydrogens (primary N) is 1. The zero-order valence-electron chi connectivity index (χ0n) is 10.4. The summed E-state index contributed by atoms with van der Waals surface area (Å²) in [5.41, 5.74) is 7.38. The number of hydrogen-bond donors (Lipinski definition) is 1. The SMILES string of the molecule is Nc1ccc(Cl)cc1SC1CS(=O)(=O)c2ccccc21. The molecule has 6 heteroatoms. The molecule has 0 aliphatic carbocycles. The lowest BCUT2D eigenvalue weighted by atomic mass is 10.2. The van der Waals surface area contributed by atoms with Crippen LogP contribution in [0.15, 0.2) is 52.3 Å². The van der Waals surface area contributed by atoms with Crippen molar-refractivity contribution >= 4 is 38.9 Å². The summed E-state index contributed by atoms with van der Waals surface area (Å²) < 4.78 is 24.3. The van der Waals surface area contributed by atoms with Gasteiger partial charge >= 0.3 is 0 Å². The summed E-state index contributed by atoms with van der Waals surface area (Å²) in [5, 5.41) is 0.452. The molecule has 1 atom stereocenters. The van der Waals surface area contributed by atoms with Gasteiger partial charge in [-0.2, -0.15) is 0 Å². The molecule has 0 radical (unpaired) electrons. The van der Waals surface area contributed by atoms with Crippen LogP contribution in [0.2, 0.25) is 5.02 Å². The summed E-state index contributed by atoms with van der Waals surface area (Å²) in [7, 11) is -3.19. The molecule has 0 saturated carbocycles. The molecule has 1 aliphatic rings. The van der Waals surface area contributed by atoms with Crippen molar-refractivity contribution in [2.24, 2.45) is 0 Å². The van der Waals surface area contributed by atoms with Gasteiger partial charge in [-0.15, -0.1) is 11.8 Å². The van der Waals surface area contributed by atoms with E-state index in [0.29, 0.717) is 15.6 Å². The van der Waals surface area contributed by atoms with Crippen molar-refractivity contribution in [2.75, 3.05) is 11.5 Å². The molecule has 2 aromatic carbocycles. The lowest BCUT2D eigenvalue weighted by Crippen LogP contribution is -2.01. The standard InChI is InChI=1S/C14H12ClNO2S2/c15-9-5-6-11(16)12(7-9)19-13-8-20(17,18)14-4-2-1-3-10(13)14/h1-7,13H,8,16H2. The van der Waals surface area contributed by atoms with Crippen LogP contribution in [0.4, 0.5) is 5.69 Å². The number of fused-ring (bicyclic) bond motifs is 1. The Hall–Kier alpha value is -1.17. The molecular weight excluding hydrogens is 314 g/mol. The van der Waals surface area contributed by atoms with Crippen LogP contribution in [-0.2, 0) is 9.84 Å². The lowest BCUT2D eigenvalue weighted by Gasteiger charge is -2.12. The van der Waals surface area contributed by atoms with Gasteiger partial charge in [0, 0.05) is 15.6 Å². The molecule has 20 heavy (non-hydrogen) atoms. The Kier molecular flexibility index (Phi) is 3.44. The van der Waals surface area contributed by atoms with Crippen LogP contribution in [0.3, 0.4) is 0 Å². The second-order valence-electron chi connectivity index (χ2n) is 4.61. The number of sulfone groups is 1. The van der Waals surface area contributed by atoms with Gasteiger partial charge in [-0.25, -0.2) is 8.42 Å². The van der Waals surface area contributed by atoms with Crippen LogP contribution < -0.4 is 5.73 Å². The van der Waals surface area contributed by atoms with Gasteiger partial charge < -0.3 is 5.73 Å². The third kappa shape index (κ3) is 2.41. The Morgan fingerprint density at radius 3 is 2.75 bits per heavy atom. The van der Waals surface area contributed by atoms with E-state index in [1.807, 2.05) is 12.1 Å². The Balaban J connectivity index is 2.00. The zero-order valence-corrected chi connectivity index (χ0v) is 12.8. The van der Waals surface area contributed by atoms with Gasteiger partial charge in [0.2, 0.25) is 0 Å². The molecule has 0 fully saturated rings. The molecule has 1 unspecified atom stereocenters. The highest BCUT2D eigenvalue weighted by Gasteiger charge is 2.35. The van der Waals surface area contributed by atoms with Gasteiger partial charge in [0.05, 0.1) is 15.9 Å². The van der Waals surface area contributed by atoms with E-state index in [1.54, 1.807) is 30.3 Å². The molecule has 1 heterocycles. The lowest BCUT2D eigenvalue weighted by molar-refractivity contribution is 0.600. The zero-order chi connectivity index (χ0) is 14.3. The molecule has 3 nitrogen and oxygen atoms in total. The third-order valence-electron chi connectivity index (χ3n) is 3.22. The van der Waals surface area contributed by atoms with E-state index in [1.165, 1.54) is 11.8 Å². The highest BCUT2D eigenvalue weighted by atomic mass is 35.5. The van der Waals surface area contributed by atoms with Crippen molar-refractivity contribution < 1.29 is 8.42 Å². The molecule has 0 amide bonds. The number of nitrogen functional groups attached to an aromatic ring is 1. The van der Waals surface area contributed by atoms with E-state index >= 15 is 0 Å². The first kappa shape index (κ1) is 13.8. The van der Waals surface area contributed by atoms with Crippen molar-refractivity contribution in [2.45, 2.75) is 15.0 Å². The van der Waals surface area contributed by atoms with Crippen LogP contribution >= 0.6 is 23.4 Å². The van der Waals surface area contributed by atoms with Gasteiger partial charge in [0.15, 0.2) is 9.84 Å². The van der Waals surface area contributed by atoms with E-state index < -0.39 is 9.84 Å². The van der Waals surface area contributed by atoms with Crippen molar-refractivity contribution in [3.8, 4) is 0 Å². The highest BCUT2D eigenvalue weighted by molar-refractivity contribution is 8.01. The molecule has 0 spiro atoms. The molecule has 0 bridgehead atoms. The van der Waals surface area contributed by atoms with E-state index in [-0.39, 0.29) is 11.0 Å². The summed E-state index contributed by atoms with van der Waals surface area (Å²) >= 11 is 7.42. The maximum Gasteiger partial charge on any atom is 0.180 e. The van der Waals surface area contributed by atoms with Gasteiger partial charge in [0.25, 0.3) is 0 Å². The quantitative estimate of drug-likeness (QED) is 0.858. The number of benzene rings is 2. The third-order valence-corrected chi connectivity index (χ3v) is 6.79. The van der Waals surface area contributed by atoms with Gasteiger partial charge in [-0.05, 0) is 29.8 Å². The minimum Gasteiger partial charge on any atom is -0.398 e. The maximum atomic E-state index is 12.1. The Labute approximate surface area is 127 Å². The van der Waals surface area contributed by atoms with Crippen LogP contribution in [0.5, 0.6) is 0 Å². The van der Waals surface area contributed by atoms with Crippen LogP contribution in [0.1, 0.15) is 10.8 Å². The topological polar surface area (TPSA) is 60.2 Å². The van der Waals surface area contributed by atoms with Crippen LogP contribution in [0, 0.1) is 0 Å². The van der Waals surface area contributed by atoms with E-state index in [9.17, 15) is 8.42 Å². The smallest absolute Gasteiger partial charge is 0.180 e. The monoisotopic (exact) mass is 325 g/mol. The predicted octanol–water partition coefficient (Wildman–Crippen LogP) is 3.54. The normalized spacial score (nSPS) is 19.8. The summed E-state index contributed by atoms with van der Waals surface area (Å²) in [5.74, 6) is 0.100. The Bertz CT molecular complexity index is 774. The minimum absolute atomic E-state index is 0.100. The first-order chi connectivity index (χ1) is 9.47. The fourth-order valence-corrected chi connectivity index (χ4v) is 6.04. The fourth-order valence-electron chi connectivity index (χ4n) is 2.27. The number of hydrogen-bond acceptors (Lipinski definition) is 4. The fraction of sp³-hybridized carbons (Fsp3) is 0.143. The Morgan fingerprint density at radius 2 is 1.95 bits per heavy atom. The summed E-state index contributed by atoms with van der Waals surface area (Å²) in [4.78, 5) is 1.24. The van der Waals surface area contributed by atoms with Gasteiger partial charge in [0.1, 0.15) is 0 Å². The van der Waals surface area contributed by atoms with Crippen molar-refractivity contribution in [3.63, 3.8) is 0 Å². The summed E-state index contributed by atoms with van der Waals surface area (Å²) in [6.45, 7) is 0. The average molecular weight is 326 g/mol. The summed E-state index contributed by atoms with van der Waals surface area (Å²) in [6, 6.07) is 12.4. The molecule has 0 aromatic heterocycles. The predicted molar refractivity (Wildman–Crippen MR) is 83.0 cm³/mol. The van der Waals surface area contributed by atoms with E-state index in [4.69, 9.17) is 17.3 Å². The summed E-state index contributed by atoms with van der Waals surface area (Å²) in [6.07, 6.45) is 0. The average Bonchev–Trinajstić information content (AvgIpc) is 2.66. The molecule has 104 valence electrons. The van der Waals surface area contributed by atoms with Gasteiger partial charge in [-0.3, -0.25) is 0 Å². The largest absolute Gasteiger partial charge is 0.398 e. The minimum atomic E-state index is -3.19. The van der Waals surface area contributed by atoms with Crippen LogP contribution in [0.25, 0.3) is 0 Å². The second-order valence-corrected chi connectivity index (χ2v) is 8.29. The van der Waals surface area contributed by atoms with Crippen molar-refractivity contribution in [3.05, 3.63) is 53.1 Å². The van der Waals surface area contributed by atoms with Crippen LogP contribution in [-0.4, -0.2) is 14.2 Å². The number of halogens is 1. The molecule has 2 N–H and O–H groups in total. The molecule has 0 saturated heterocycles. The maximum absolute atomic E-state index is 12.1. The van der Waals surface area contributed by atoms with Crippen molar-refractivity contribution in [1.82, 2.24) is 0 Å². The van der Waals surface area contributed by atoms with E-state index in [0.717, 1.165) is 10.5 Å². The molecular formula is C14H12ClNO2S2. The second kappa shape index (κ2) is 4.98.